The van der Waals surface area contributed by atoms with Crippen LogP contribution in [0.1, 0.15) is 44.1 Å². The van der Waals surface area contributed by atoms with Gasteiger partial charge in [-0.2, -0.15) is 0 Å². The summed E-state index contributed by atoms with van der Waals surface area (Å²) < 4.78 is 0. The number of amides is 5. The fraction of sp³-hybridized carbons (Fsp3) is 0.458. The van der Waals surface area contributed by atoms with Gasteiger partial charge in [-0.3, -0.25) is 28.9 Å². The predicted molar refractivity (Wildman–Crippen MR) is 129 cm³/mol. The fourth-order valence-corrected chi connectivity index (χ4v) is 3.41. The molecule has 1 aliphatic heterocycles. The molecule has 5 amide bonds. The van der Waals surface area contributed by atoms with Crippen molar-refractivity contribution < 1.29 is 29.1 Å². The lowest BCUT2D eigenvalue weighted by atomic mass is 10.1. The van der Waals surface area contributed by atoms with Crippen LogP contribution in [0.15, 0.2) is 36.4 Å². The first kappa shape index (κ1) is 27.7. The van der Waals surface area contributed by atoms with E-state index in [2.05, 4.69) is 16.0 Å². The average Bonchev–Trinajstić information content (AvgIpc) is 3.17. The average molecular weight is 488 g/mol. The molecule has 1 aromatic rings. The molecule has 35 heavy (non-hydrogen) atoms. The van der Waals surface area contributed by atoms with E-state index in [4.69, 9.17) is 10.8 Å². The molecule has 1 unspecified atom stereocenters. The maximum absolute atomic E-state index is 12.6. The number of nitrogens with two attached hydrogens (primary N) is 1. The van der Waals surface area contributed by atoms with Gasteiger partial charge in [-0.15, -0.1) is 0 Å². The highest BCUT2D eigenvalue weighted by Crippen LogP contribution is 2.11. The molecule has 2 rings (SSSR count). The van der Waals surface area contributed by atoms with Crippen molar-refractivity contribution in [3.05, 3.63) is 42.0 Å². The first-order valence-electron chi connectivity index (χ1n) is 11.6. The summed E-state index contributed by atoms with van der Waals surface area (Å²) in [4.78, 5) is 61.1. The number of hydrogen-bond donors (Lipinski definition) is 5. The van der Waals surface area contributed by atoms with Gasteiger partial charge in [-0.05, 0) is 49.9 Å². The number of hydrogen-bond acceptors (Lipinski definition) is 7. The van der Waals surface area contributed by atoms with Crippen LogP contribution in [0.25, 0.3) is 0 Å². The normalized spacial score (nSPS) is 13.6. The van der Waals surface area contributed by atoms with E-state index < -0.39 is 17.9 Å². The second kappa shape index (κ2) is 14.6. The highest BCUT2D eigenvalue weighted by molar-refractivity contribution is 6.12. The SMILES string of the molecule is NCCCC(NC(=O)CNC(=O)CCCCCN1C(=O)C=CC1=O)C(=O)Nc1ccc(CO)cc1. The van der Waals surface area contributed by atoms with E-state index in [0.29, 0.717) is 56.4 Å². The van der Waals surface area contributed by atoms with Gasteiger partial charge in [0, 0.05) is 30.8 Å². The van der Waals surface area contributed by atoms with Crippen molar-refractivity contribution in [1.29, 1.82) is 0 Å². The number of carbonyl (C=O) groups is 5. The highest BCUT2D eigenvalue weighted by atomic mass is 16.3. The van der Waals surface area contributed by atoms with E-state index in [1.807, 2.05) is 0 Å². The Morgan fingerprint density at radius 3 is 2.26 bits per heavy atom. The summed E-state index contributed by atoms with van der Waals surface area (Å²) in [6, 6.07) is 5.86. The molecular formula is C24H33N5O6. The van der Waals surface area contributed by atoms with E-state index in [1.54, 1.807) is 24.3 Å². The summed E-state index contributed by atoms with van der Waals surface area (Å²) in [5.74, 6) is -1.85. The van der Waals surface area contributed by atoms with Crippen molar-refractivity contribution in [2.45, 2.75) is 51.2 Å². The van der Waals surface area contributed by atoms with Crippen LogP contribution < -0.4 is 21.7 Å². The molecule has 6 N–H and O–H groups in total. The molecule has 11 nitrogen and oxygen atoms in total. The van der Waals surface area contributed by atoms with Crippen LogP contribution in [0.5, 0.6) is 0 Å². The second-order valence-corrected chi connectivity index (χ2v) is 8.14. The molecule has 0 aromatic heterocycles. The lowest BCUT2D eigenvalue weighted by molar-refractivity contribution is -0.137. The predicted octanol–water partition coefficient (Wildman–Crippen LogP) is -0.0573. The molecule has 0 spiro atoms. The second-order valence-electron chi connectivity index (χ2n) is 8.14. The first-order chi connectivity index (χ1) is 16.8. The Balaban J connectivity index is 1.69. The van der Waals surface area contributed by atoms with Crippen LogP contribution in [0.2, 0.25) is 0 Å². The number of anilines is 1. The Bertz CT molecular complexity index is 913. The number of nitrogens with one attached hydrogen (secondary N) is 3. The van der Waals surface area contributed by atoms with Crippen LogP contribution >= 0.6 is 0 Å². The monoisotopic (exact) mass is 487 g/mol. The largest absolute Gasteiger partial charge is 0.392 e. The zero-order valence-electron chi connectivity index (χ0n) is 19.6. The van der Waals surface area contributed by atoms with E-state index in [9.17, 15) is 24.0 Å². The first-order valence-corrected chi connectivity index (χ1v) is 11.6. The maximum atomic E-state index is 12.6. The Hall–Kier alpha value is -3.57. The van der Waals surface area contributed by atoms with Crippen molar-refractivity contribution in [3.8, 4) is 0 Å². The summed E-state index contributed by atoms with van der Waals surface area (Å²) in [7, 11) is 0. The third-order valence-corrected chi connectivity index (χ3v) is 5.38. The number of nitrogens with zero attached hydrogens (tertiary/aromatic N) is 1. The number of benzene rings is 1. The molecule has 11 heteroatoms. The zero-order valence-corrected chi connectivity index (χ0v) is 19.6. The molecule has 0 saturated carbocycles. The van der Waals surface area contributed by atoms with Crippen molar-refractivity contribution in [3.63, 3.8) is 0 Å². The lowest BCUT2D eigenvalue weighted by Crippen LogP contribution is -2.47. The molecule has 1 atom stereocenters. The Morgan fingerprint density at radius 2 is 1.63 bits per heavy atom. The molecule has 0 radical (unpaired) electrons. The fourth-order valence-electron chi connectivity index (χ4n) is 3.41. The summed E-state index contributed by atoms with van der Waals surface area (Å²) in [5, 5.41) is 17.0. The quantitative estimate of drug-likeness (QED) is 0.170. The number of aliphatic hydroxyl groups excluding tert-OH is 1. The van der Waals surface area contributed by atoms with E-state index in [1.165, 1.54) is 12.2 Å². The number of rotatable bonds is 15. The Labute approximate surface area is 204 Å². The summed E-state index contributed by atoms with van der Waals surface area (Å²) in [6.45, 7) is 0.303. The standard InChI is InChI=1S/C24H33N5O6/c25-13-4-5-19(24(35)27-18-9-7-17(16-30)8-10-18)28-21(32)15-26-20(31)6-2-1-3-14-29-22(33)11-12-23(29)34/h7-12,19,30H,1-6,13-16,25H2,(H,26,31)(H,27,35)(H,28,32). The van der Waals surface area contributed by atoms with Gasteiger partial charge in [0.05, 0.1) is 13.2 Å². The van der Waals surface area contributed by atoms with Gasteiger partial charge in [0.2, 0.25) is 17.7 Å². The molecule has 0 saturated heterocycles. The van der Waals surface area contributed by atoms with Crippen LogP contribution in [-0.2, 0) is 30.6 Å². The summed E-state index contributed by atoms with van der Waals surface area (Å²) >= 11 is 0. The minimum absolute atomic E-state index is 0.104. The highest BCUT2D eigenvalue weighted by Gasteiger charge is 2.22. The van der Waals surface area contributed by atoms with Gasteiger partial charge in [0.15, 0.2) is 0 Å². The van der Waals surface area contributed by atoms with Crippen LogP contribution in [0, 0.1) is 0 Å². The van der Waals surface area contributed by atoms with Crippen molar-refractivity contribution >= 4 is 35.2 Å². The van der Waals surface area contributed by atoms with E-state index >= 15 is 0 Å². The number of carbonyl (C=O) groups excluding carboxylic acids is 5. The minimum atomic E-state index is -0.814. The molecular weight excluding hydrogens is 454 g/mol. The van der Waals surface area contributed by atoms with Gasteiger partial charge < -0.3 is 26.8 Å². The number of aliphatic hydroxyl groups is 1. The molecule has 1 heterocycles. The maximum Gasteiger partial charge on any atom is 0.253 e. The van der Waals surface area contributed by atoms with E-state index in [0.717, 1.165) is 4.90 Å². The van der Waals surface area contributed by atoms with Crippen LogP contribution in [0.4, 0.5) is 5.69 Å². The summed E-state index contributed by atoms with van der Waals surface area (Å²) in [5.41, 5.74) is 6.78. The molecule has 0 bridgehead atoms. The molecule has 1 aliphatic rings. The van der Waals surface area contributed by atoms with Crippen LogP contribution in [-0.4, -0.2) is 65.2 Å². The third kappa shape index (κ3) is 9.67. The third-order valence-electron chi connectivity index (χ3n) is 5.38. The Kier molecular flexibility index (Phi) is 11.6. The smallest absolute Gasteiger partial charge is 0.253 e. The van der Waals surface area contributed by atoms with Crippen molar-refractivity contribution in [1.82, 2.24) is 15.5 Å². The minimum Gasteiger partial charge on any atom is -0.392 e. The van der Waals surface area contributed by atoms with Crippen molar-refractivity contribution in [2.24, 2.45) is 5.73 Å². The molecule has 1 aromatic carbocycles. The van der Waals surface area contributed by atoms with Gasteiger partial charge >= 0.3 is 0 Å². The van der Waals surface area contributed by atoms with Gasteiger partial charge in [-0.25, -0.2) is 0 Å². The van der Waals surface area contributed by atoms with Gasteiger partial charge in [0.1, 0.15) is 6.04 Å². The van der Waals surface area contributed by atoms with Gasteiger partial charge in [0.25, 0.3) is 11.8 Å². The lowest BCUT2D eigenvalue weighted by Gasteiger charge is -2.18. The van der Waals surface area contributed by atoms with Gasteiger partial charge in [-0.1, -0.05) is 18.6 Å². The zero-order chi connectivity index (χ0) is 25.6. The molecule has 0 aliphatic carbocycles. The summed E-state index contributed by atoms with van der Waals surface area (Å²) in [6.07, 6.45) is 5.33. The van der Waals surface area contributed by atoms with Crippen LogP contribution in [0.3, 0.4) is 0 Å². The Morgan fingerprint density at radius 1 is 0.943 bits per heavy atom. The van der Waals surface area contributed by atoms with E-state index in [-0.39, 0.29) is 37.3 Å². The molecule has 190 valence electrons. The molecule has 0 fully saturated rings. The van der Waals surface area contributed by atoms with Crippen molar-refractivity contribution in [2.75, 3.05) is 25.0 Å². The number of unbranched alkanes of at least 4 members (excludes halogenated alkanes) is 2. The topological polar surface area (TPSA) is 171 Å². The number of imide groups is 1.